The molecule has 0 spiro atoms. The van der Waals surface area contributed by atoms with E-state index in [-0.39, 0.29) is 16.6 Å². The number of rotatable bonds is 8. The van der Waals surface area contributed by atoms with E-state index < -0.39 is 47.8 Å². The number of hydrogen-bond donors (Lipinski definition) is 2. The molecule has 0 radical (unpaired) electrons. The number of hydrogen-bond acceptors (Lipinski definition) is 9. The lowest BCUT2D eigenvalue weighted by Gasteiger charge is -2.32. The highest BCUT2D eigenvalue weighted by Gasteiger charge is 2.44. The maximum absolute atomic E-state index is 13.3. The summed E-state index contributed by atoms with van der Waals surface area (Å²) in [6, 6.07) is 12.2. The molecule has 0 aliphatic carbocycles. The molecule has 0 amide bonds. The zero-order chi connectivity index (χ0) is 31.6. The van der Waals surface area contributed by atoms with E-state index in [0.717, 1.165) is 17.7 Å². The third-order valence-electron chi connectivity index (χ3n) is 6.73. The van der Waals surface area contributed by atoms with Crippen molar-refractivity contribution in [3.8, 4) is 0 Å². The first-order valence-corrected chi connectivity index (χ1v) is 16.3. The summed E-state index contributed by atoms with van der Waals surface area (Å²) in [6.07, 6.45) is 2.72. The number of Topliss-reactive ketones (excluding diaryl/α,β-unsaturated/α-hetero) is 1. The van der Waals surface area contributed by atoms with Crippen LogP contribution in [0.2, 0.25) is 10.0 Å². The van der Waals surface area contributed by atoms with Gasteiger partial charge in [0.25, 0.3) is 20.2 Å². The smallest absolute Gasteiger partial charge is 0.295 e. The van der Waals surface area contributed by atoms with Crippen LogP contribution >= 0.6 is 23.2 Å². The van der Waals surface area contributed by atoms with E-state index in [9.17, 15) is 21.6 Å². The normalized spacial score (nSPS) is 15.2. The molecule has 16 heteroatoms. The van der Waals surface area contributed by atoms with E-state index >= 15 is 0 Å². The zero-order valence-corrected chi connectivity index (χ0v) is 25.9. The predicted molar refractivity (Wildman–Crippen MR) is 157 cm³/mol. The first-order chi connectivity index (χ1) is 20.1. The summed E-state index contributed by atoms with van der Waals surface area (Å²) in [5, 5.41) is 5.26. The average Bonchev–Trinajstić information content (AvgIpc) is 3.66. The number of carbonyl (C=O) groups excluding carboxylic acids is 1. The van der Waals surface area contributed by atoms with Crippen LogP contribution in [0.15, 0.2) is 77.0 Å². The molecular weight excluding hydrogens is 645 g/mol. The summed E-state index contributed by atoms with van der Waals surface area (Å²) in [5.41, 5.74) is -0.0320. The van der Waals surface area contributed by atoms with Crippen LogP contribution in [0.5, 0.6) is 0 Å². The van der Waals surface area contributed by atoms with Gasteiger partial charge in [-0.25, -0.2) is 9.67 Å². The summed E-state index contributed by atoms with van der Waals surface area (Å²) in [4.78, 5) is 16.5. The van der Waals surface area contributed by atoms with E-state index in [4.69, 9.17) is 41.8 Å². The van der Waals surface area contributed by atoms with E-state index in [1.807, 2.05) is 19.9 Å². The summed E-state index contributed by atoms with van der Waals surface area (Å²) >= 11 is 12.3. The lowest BCUT2D eigenvalue weighted by atomic mass is 9.81. The molecular formula is C27H27Cl2N3O9S2. The molecule has 5 rings (SSSR count). The summed E-state index contributed by atoms with van der Waals surface area (Å²) < 4.78 is 75.4. The van der Waals surface area contributed by atoms with Crippen molar-refractivity contribution >= 4 is 60.0 Å². The van der Waals surface area contributed by atoms with Crippen LogP contribution in [0, 0.1) is 5.41 Å². The van der Waals surface area contributed by atoms with Gasteiger partial charge >= 0.3 is 0 Å². The number of nitrogens with zero attached hydrogens (tertiary/aromatic N) is 3. The molecule has 12 nitrogen and oxygen atoms in total. The number of fused-ring (bicyclic) bond motifs is 1. The molecule has 0 saturated carbocycles. The van der Waals surface area contributed by atoms with E-state index in [1.54, 1.807) is 16.8 Å². The Labute approximate surface area is 258 Å². The number of carbonyl (C=O) groups is 1. The molecule has 1 aliphatic heterocycles. The van der Waals surface area contributed by atoms with Gasteiger partial charge in [-0.15, -0.1) is 0 Å². The third-order valence-corrected chi connectivity index (χ3v) is 9.14. The minimum Gasteiger partial charge on any atom is -0.349 e. The lowest BCUT2D eigenvalue weighted by molar-refractivity contribution is -0.158. The van der Waals surface area contributed by atoms with E-state index in [1.165, 1.54) is 36.9 Å². The SMILES string of the molecule is CC(C)(C(=O)C(Cc1ccc(Cl)cc1Cl)n1cncn1)C1OCCO1.O=S(=O)(O)c1cccc2c(S(=O)(=O)O)cccc12. The van der Waals surface area contributed by atoms with Gasteiger partial charge < -0.3 is 9.47 Å². The van der Waals surface area contributed by atoms with Gasteiger partial charge in [-0.2, -0.15) is 21.9 Å². The molecule has 1 saturated heterocycles. The fourth-order valence-corrected chi connectivity index (χ4v) is 6.50. The van der Waals surface area contributed by atoms with Crippen molar-refractivity contribution in [1.82, 2.24) is 14.8 Å². The van der Waals surface area contributed by atoms with Crippen molar-refractivity contribution in [2.24, 2.45) is 5.41 Å². The fourth-order valence-electron chi connectivity index (χ4n) is 4.60. The molecule has 0 bridgehead atoms. The number of ether oxygens (including phenoxy) is 2. The molecule has 1 fully saturated rings. The van der Waals surface area contributed by atoms with Crippen LogP contribution < -0.4 is 0 Å². The summed E-state index contributed by atoms with van der Waals surface area (Å²) in [5.74, 6) is -0.0593. The molecule has 1 unspecified atom stereocenters. The standard InChI is InChI=1S/C17H19Cl2N3O3.C10H8O6S2/c1-17(2,16-24-5-6-25-16)15(23)14(22-10-20-9-21-22)7-11-3-4-12(18)8-13(11)19;11-17(12,13)9-5-1-3-7-8(9)4-2-6-10(7)18(14,15)16/h3-4,8-10,14,16H,5-7H2,1-2H3;1-6H,(H,11,12,13)(H,14,15,16). The molecule has 2 heterocycles. The maximum Gasteiger partial charge on any atom is 0.295 e. The van der Waals surface area contributed by atoms with Crippen molar-refractivity contribution in [2.75, 3.05) is 13.2 Å². The summed E-state index contributed by atoms with van der Waals surface area (Å²) in [7, 11) is -8.94. The third kappa shape index (κ3) is 7.59. The van der Waals surface area contributed by atoms with Gasteiger partial charge in [0, 0.05) is 27.2 Å². The molecule has 1 aliphatic rings. The van der Waals surface area contributed by atoms with Crippen LogP contribution in [0.25, 0.3) is 10.8 Å². The van der Waals surface area contributed by atoms with Crippen LogP contribution in [0.3, 0.4) is 0 Å². The number of benzene rings is 3. The zero-order valence-electron chi connectivity index (χ0n) is 22.8. The Bertz CT molecular complexity index is 1770. The Morgan fingerprint density at radius 1 is 0.977 bits per heavy atom. The van der Waals surface area contributed by atoms with Crippen LogP contribution in [0.4, 0.5) is 0 Å². The Balaban J connectivity index is 0.000000208. The Morgan fingerprint density at radius 3 is 2.00 bits per heavy atom. The Kier molecular flexibility index (Phi) is 9.93. The topological polar surface area (TPSA) is 175 Å². The number of ketones is 1. The van der Waals surface area contributed by atoms with Crippen molar-refractivity contribution in [1.29, 1.82) is 0 Å². The Morgan fingerprint density at radius 2 is 1.53 bits per heavy atom. The second-order valence-electron chi connectivity index (χ2n) is 10.0. The first-order valence-electron chi connectivity index (χ1n) is 12.6. The van der Waals surface area contributed by atoms with Gasteiger partial charge in [0.05, 0.1) is 18.6 Å². The molecule has 2 N–H and O–H groups in total. The monoisotopic (exact) mass is 671 g/mol. The van der Waals surface area contributed by atoms with Crippen LogP contribution in [0.1, 0.15) is 25.5 Å². The van der Waals surface area contributed by atoms with E-state index in [2.05, 4.69) is 10.1 Å². The van der Waals surface area contributed by atoms with Gasteiger partial charge in [-0.1, -0.05) is 53.5 Å². The molecule has 230 valence electrons. The van der Waals surface area contributed by atoms with Crippen molar-refractivity contribution < 1.29 is 40.2 Å². The largest absolute Gasteiger partial charge is 0.349 e. The van der Waals surface area contributed by atoms with Gasteiger partial charge in [0.2, 0.25) is 0 Å². The van der Waals surface area contributed by atoms with Gasteiger partial charge in [0.15, 0.2) is 12.1 Å². The maximum atomic E-state index is 13.3. The highest BCUT2D eigenvalue weighted by molar-refractivity contribution is 7.86. The second kappa shape index (κ2) is 13.0. The van der Waals surface area contributed by atoms with Gasteiger partial charge in [0.1, 0.15) is 28.5 Å². The van der Waals surface area contributed by atoms with Crippen molar-refractivity contribution in [2.45, 2.75) is 42.4 Å². The number of halogens is 2. The molecule has 43 heavy (non-hydrogen) atoms. The molecule has 1 aromatic heterocycles. The Hall–Kier alpha value is -2.95. The fraction of sp³-hybridized carbons (Fsp3) is 0.296. The lowest BCUT2D eigenvalue weighted by Crippen LogP contribution is -2.43. The highest BCUT2D eigenvalue weighted by atomic mass is 35.5. The van der Waals surface area contributed by atoms with Crippen LogP contribution in [-0.2, 0) is 40.9 Å². The van der Waals surface area contributed by atoms with Crippen LogP contribution in [-0.4, -0.2) is 66.0 Å². The molecule has 3 aromatic carbocycles. The van der Waals surface area contributed by atoms with Crippen molar-refractivity contribution in [3.05, 3.63) is 82.9 Å². The molecule has 4 aromatic rings. The van der Waals surface area contributed by atoms with Gasteiger partial charge in [-0.3, -0.25) is 13.9 Å². The quantitative estimate of drug-likeness (QED) is 0.249. The van der Waals surface area contributed by atoms with Crippen molar-refractivity contribution in [3.63, 3.8) is 0 Å². The first kappa shape index (κ1) is 33.0. The second-order valence-corrected chi connectivity index (χ2v) is 13.7. The minimum atomic E-state index is -4.47. The minimum absolute atomic E-state index is 0.0233. The highest BCUT2D eigenvalue weighted by Crippen LogP contribution is 2.35. The average molecular weight is 673 g/mol. The predicted octanol–water partition coefficient (Wildman–Crippen LogP) is 4.67. The summed E-state index contributed by atoms with van der Waals surface area (Å²) in [6.45, 7) is 4.61. The molecule has 1 atom stereocenters. The van der Waals surface area contributed by atoms with Gasteiger partial charge in [-0.05, 0) is 43.7 Å². The number of aromatic nitrogens is 3. The van der Waals surface area contributed by atoms with E-state index in [0.29, 0.717) is 29.7 Å².